The van der Waals surface area contributed by atoms with Crippen LogP contribution in [0.5, 0.6) is 5.88 Å². The number of carbonyl (C=O) groups is 2. The number of unbranched alkanes of at least 4 members (excludes halogenated alkanes) is 1. The number of pyridine rings is 1. The Morgan fingerprint density at radius 1 is 1.35 bits per heavy atom. The lowest BCUT2D eigenvalue weighted by Gasteiger charge is -2.38. The number of ether oxygens (including phenoxy) is 1. The summed E-state index contributed by atoms with van der Waals surface area (Å²) in [6.07, 6.45) is 8.36. The SMILES string of the molecule is CCCC#Cc1cnc2c(c1)C(=O)N([C@H](C)CO)C[C@H](C)[C@H](CN(C)C(=O)C1CCCCC1)O2. The molecule has 0 bridgehead atoms. The molecular weight excluding hydrogens is 430 g/mol. The highest BCUT2D eigenvalue weighted by molar-refractivity contribution is 5.97. The summed E-state index contributed by atoms with van der Waals surface area (Å²) in [6, 6.07) is 1.38. The van der Waals surface area contributed by atoms with Crippen LogP contribution in [0.4, 0.5) is 0 Å². The van der Waals surface area contributed by atoms with Gasteiger partial charge in [0.05, 0.1) is 19.2 Å². The largest absolute Gasteiger partial charge is 0.472 e. The first-order valence-corrected chi connectivity index (χ1v) is 12.7. The van der Waals surface area contributed by atoms with Gasteiger partial charge in [0.2, 0.25) is 11.8 Å². The van der Waals surface area contributed by atoms with E-state index < -0.39 is 0 Å². The first-order chi connectivity index (χ1) is 16.3. The van der Waals surface area contributed by atoms with Crippen LogP contribution in [0.15, 0.2) is 12.3 Å². The Morgan fingerprint density at radius 2 is 2.09 bits per heavy atom. The Morgan fingerprint density at radius 3 is 2.76 bits per heavy atom. The fourth-order valence-corrected chi connectivity index (χ4v) is 4.70. The van der Waals surface area contributed by atoms with E-state index in [0.29, 0.717) is 24.2 Å². The summed E-state index contributed by atoms with van der Waals surface area (Å²) >= 11 is 0. The summed E-state index contributed by atoms with van der Waals surface area (Å²) < 4.78 is 6.31. The number of hydrogen-bond donors (Lipinski definition) is 1. The fourth-order valence-electron chi connectivity index (χ4n) is 4.70. The van der Waals surface area contributed by atoms with E-state index >= 15 is 0 Å². The van der Waals surface area contributed by atoms with Crippen LogP contribution in [-0.4, -0.2) is 70.6 Å². The predicted molar refractivity (Wildman–Crippen MR) is 131 cm³/mol. The molecule has 1 N–H and O–H groups in total. The van der Waals surface area contributed by atoms with Crippen molar-refractivity contribution < 1.29 is 19.4 Å². The number of fused-ring (bicyclic) bond motifs is 1. The van der Waals surface area contributed by atoms with Crippen molar-refractivity contribution in [1.82, 2.24) is 14.8 Å². The van der Waals surface area contributed by atoms with Crippen molar-refractivity contribution in [2.45, 2.75) is 77.9 Å². The summed E-state index contributed by atoms with van der Waals surface area (Å²) in [5.41, 5.74) is 1.01. The van der Waals surface area contributed by atoms with Gasteiger partial charge in [-0.1, -0.05) is 45.0 Å². The van der Waals surface area contributed by atoms with Crippen LogP contribution < -0.4 is 4.74 Å². The van der Waals surface area contributed by atoms with E-state index in [4.69, 9.17) is 4.74 Å². The summed E-state index contributed by atoms with van der Waals surface area (Å²) in [5.74, 6) is 6.40. The molecular formula is C27H39N3O4. The lowest BCUT2D eigenvalue weighted by atomic mass is 9.88. The first kappa shape index (κ1) is 26.0. The number of hydrogen-bond acceptors (Lipinski definition) is 5. The predicted octanol–water partition coefficient (Wildman–Crippen LogP) is 3.49. The van der Waals surface area contributed by atoms with Gasteiger partial charge in [-0.25, -0.2) is 4.98 Å². The van der Waals surface area contributed by atoms with Gasteiger partial charge in [-0.05, 0) is 32.3 Å². The zero-order chi connectivity index (χ0) is 24.7. The lowest BCUT2D eigenvalue weighted by Crippen LogP contribution is -2.51. The molecule has 0 saturated heterocycles. The Balaban J connectivity index is 1.88. The molecule has 3 rings (SSSR count). The van der Waals surface area contributed by atoms with Crippen molar-refractivity contribution >= 4 is 11.8 Å². The average molecular weight is 470 g/mol. The monoisotopic (exact) mass is 469 g/mol. The standard InChI is InChI=1S/C27H39N3O4/c1-5-6-8-11-21-14-23-25(28-15-21)34-24(19(2)16-30(27(23)33)20(3)18-31)17-29(4)26(32)22-12-9-7-10-13-22/h14-15,19-20,22,24,31H,5-7,9-10,12-13,16-18H2,1-4H3/t19-,20+,24-/m0/s1. The number of amides is 2. The van der Waals surface area contributed by atoms with Crippen molar-refractivity contribution in [2.75, 3.05) is 26.7 Å². The number of nitrogens with zero attached hydrogens (tertiary/aromatic N) is 3. The van der Waals surface area contributed by atoms with Crippen molar-refractivity contribution in [3.8, 4) is 17.7 Å². The Labute approximate surface area is 203 Å². The molecule has 2 aliphatic rings. The van der Waals surface area contributed by atoms with Gasteiger partial charge in [-0.15, -0.1) is 0 Å². The molecule has 1 saturated carbocycles. The molecule has 186 valence electrons. The molecule has 7 nitrogen and oxygen atoms in total. The van der Waals surface area contributed by atoms with E-state index in [1.54, 1.807) is 22.1 Å². The second-order valence-electron chi connectivity index (χ2n) is 9.80. The smallest absolute Gasteiger partial charge is 0.259 e. The van der Waals surface area contributed by atoms with E-state index in [2.05, 4.69) is 23.7 Å². The van der Waals surface area contributed by atoms with Gasteiger partial charge in [0.15, 0.2) is 0 Å². The molecule has 1 fully saturated rings. The van der Waals surface area contributed by atoms with Crippen molar-refractivity contribution in [2.24, 2.45) is 11.8 Å². The molecule has 3 atom stereocenters. The molecule has 0 aromatic carbocycles. The molecule has 1 aromatic heterocycles. The summed E-state index contributed by atoms with van der Waals surface area (Å²) in [5, 5.41) is 9.81. The van der Waals surface area contributed by atoms with Crippen molar-refractivity contribution in [3.63, 3.8) is 0 Å². The molecule has 0 spiro atoms. The van der Waals surface area contributed by atoms with E-state index in [0.717, 1.165) is 38.5 Å². The van der Waals surface area contributed by atoms with Crippen LogP contribution in [0.3, 0.4) is 0 Å². The van der Waals surface area contributed by atoms with Crippen molar-refractivity contribution in [1.29, 1.82) is 0 Å². The van der Waals surface area contributed by atoms with Gasteiger partial charge < -0.3 is 19.6 Å². The molecule has 7 heteroatoms. The quantitative estimate of drug-likeness (QED) is 0.645. The second kappa shape index (κ2) is 12.2. The minimum Gasteiger partial charge on any atom is -0.472 e. The Hall–Kier alpha value is -2.59. The number of likely N-dealkylation sites (N-methyl/N-ethyl adjacent to an activating group) is 1. The number of aromatic nitrogens is 1. The number of carbonyl (C=O) groups excluding carboxylic acids is 2. The normalized spacial score (nSPS) is 21.9. The van der Waals surface area contributed by atoms with E-state index in [1.807, 2.05) is 20.9 Å². The third kappa shape index (κ3) is 6.29. The summed E-state index contributed by atoms with van der Waals surface area (Å²) in [7, 11) is 1.84. The zero-order valence-electron chi connectivity index (χ0n) is 21.0. The summed E-state index contributed by atoms with van der Waals surface area (Å²) in [6.45, 7) is 6.62. The minimum atomic E-state index is -0.349. The van der Waals surface area contributed by atoms with Crippen LogP contribution >= 0.6 is 0 Å². The van der Waals surface area contributed by atoms with Crippen LogP contribution in [0.25, 0.3) is 0 Å². The maximum atomic E-state index is 13.4. The molecule has 1 aromatic rings. The number of aliphatic hydroxyl groups excluding tert-OH is 1. The van der Waals surface area contributed by atoms with Crippen LogP contribution in [-0.2, 0) is 4.79 Å². The molecule has 1 aliphatic carbocycles. The lowest BCUT2D eigenvalue weighted by molar-refractivity contribution is -0.136. The minimum absolute atomic E-state index is 0.0569. The highest BCUT2D eigenvalue weighted by atomic mass is 16.5. The summed E-state index contributed by atoms with van der Waals surface area (Å²) in [4.78, 5) is 34.4. The third-order valence-electron chi connectivity index (χ3n) is 6.91. The van der Waals surface area contributed by atoms with E-state index in [-0.39, 0.29) is 48.3 Å². The molecule has 1 aliphatic heterocycles. The Bertz CT molecular complexity index is 916. The first-order valence-electron chi connectivity index (χ1n) is 12.7. The van der Waals surface area contributed by atoms with Gasteiger partial charge >= 0.3 is 0 Å². The van der Waals surface area contributed by atoms with E-state index in [1.165, 1.54) is 6.42 Å². The molecule has 0 unspecified atom stereocenters. The fraction of sp³-hybridized carbons (Fsp3) is 0.667. The van der Waals surface area contributed by atoms with Gasteiger partial charge in [-0.3, -0.25) is 9.59 Å². The van der Waals surface area contributed by atoms with Crippen LogP contribution in [0.1, 0.15) is 81.6 Å². The highest BCUT2D eigenvalue weighted by Gasteiger charge is 2.35. The second-order valence-corrected chi connectivity index (χ2v) is 9.80. The number of rotatable bonds is 6. The Kier molecular flexibility index (Phi) is 9.35. The average Bonchev–Trinajstić information content (AvgIpc) is 2.86. The third-order valence-corrected chi connectivity index (χ3v) is 6.91. The maximum Gasteiger partial charge on any atom is 0.259 e. The molecule has 0 radical (unpaired) electrons. The van der Waals surface area contributed by atoms with Gasteiger partial charge in [-0.2, -0.15) is 0 Å². The van der Waals surface area contributed by atoms with Gasteiger partial charge in [0.25, 0.3) is 5.91 Å². The molecule has 34 heavy (non-hydrogen) atoms. The van der Waals surface area contributed by atoms with Gasteiger partial charge in [0.1, 0.15) is 11.7 Å². The highest BCUT2D eigenvalue weighted by Crippen LogP contribution is 2.29. The molecule has 2 amide bonds. The number of aliphatic hydroxyl groups is 1. The van der Waals surface area contributed by atoms with E-state index in [9.17, 15) is 14.7 Å². The van der Waals surface area contributed by atoms with Crippen LogP contribution in [0, 0.1) is 23.7 Å². The van der Waals surface area contributed by atoms with Crippen LogP contribution in [0.2, 0.25) is 0 Å². The zero-order valence-corrected chi connectivity index (χ0v) is 21.0. The topological polar surface area (TPSA) is 83.0 Å². The van der Waals surface area contributed by atoms with Crippen molar-refractivity contribution in [3.05, 3.63) is 23.4 Å². The maximum absolute atomic E-state index is 13.4. The molecule has 2 heterocycles. The van der Waals surface area contributed by atoms with Gasteiger partial charge in [0, 0.05) is 43.6 Å².